The molecular formula is C19H23F2N3O+2. The molecule has 0 radical (unpaired) electrons. The lowest BCUT2D eigenvalue weighted by molar-refractivity contribution is -1.02. The van der Waals surface area contributed by atoms with Crippen LogP contribution in [0, 0.1) is 11.6 Å². The van der Waals surface area contributed by atoms with Crippen LogP contribution < -0.4 is 15.1 Å². The second kappa shape index (κ2) is 8.18. The van der Waals surface area contributed by atoms with Gasteiger partial charge in [0.2, 0.25) is 0 Å². The van der Waals surface area contributed by atoms with Crippen LogP contribution in [0.3, 0.4) is 0 Å². The number of anilines is 1. The summed E-state index contributed by atoms with van der Waals surface area (Å²) in [5.41, 5.74) is 1.35. The van der Waals surface area contributed by atoms with Gasteiger partial charge in [-0.1, -0.05) is 30.3 Å². The fourth-order valence-electron chi connectivity index (χ4n) is 3.21. The van der Waals surface area contributed by atoms with Crippen molar-refractivity contribution in [1.82, 2.24) is 0 Å². The molecule has 3 rings (SSSR count). The maximum absolute atomic E-state index is 13.6. The Labute approximate surface area is 146 Å². The van der Waals surface area contributed by atoms with Crippen LogP contribution in [0.1, 0.15) is 5.56 Å². The maximum atomic E-state index is 13.6. The van der Waals surface area contributed by atoms with Gasteiger partial charge in [0, 0.05) is 11.6 Å². The first kappa shape index (κ1) is 17.5. The average molecular weight is 347 g/mol. The Bertz CT molecular complexity index is 716. The van der Waals surface area contributed by atoms with Gasteiger partial charge in [-0.15, -0.1) is 0 Å². The van der Waals surface area contributed by atoms with E-state index in [1.807, 2.05) is 6.07 Å². The Balaban J connectivity index is 1.44. The maximum Gasteiger partial charge on any atom is 0.279 e. The molecule has 1 saturated heterocycles. The van der Waals surface area contributed by atoms with Crippen molar-refractivity contribution in [2.75, 3.05) is 38.0 Å². The third-order valence-corrected chi connectivity index (χ3v) is 4.58. The molecule has 2 aromatic carbocycles. The molecule has 3 N–H and O–H groups in total. The van der Waals surface area contributed by atoms with E-state index >= 15 is 0 Å². The van der Waals surface area contributed by atoms with Gasteiger partial charge in [0.15, 0.2) is 6.54 Å². The summed E-state index contributed by atoms with van der Waals surface area (Å²) < 4.78 is 26.5. The van der Waals surface area contributed by atoms with Crippen molar-refractivity contribution >= 4 is 11.6 Å². The van der Waals surface area contributed by atoms with Gasteiger partial charge in [0.05, 0.1) is 5.69 Å². The van der Waals surface area contributed by atoms with Crippen molar-refractivity contribution in [2.45, 2.75) is 6.54 Å². The largest absolute Gasteiger partial charge is 0.322 e. The van der Waals surface area contributed by atoms with Crippen LogP contribution in [0.25, 0.3) is 0 Å². The monoisotopic (exact) mass is 347 g/mol. The highest BCUT2D eigenvalue weighted by molar-refractivity contribution is 5.91. The number of quaternary nitrogens is 2. The number of rotatable bonds is 5. The summed E-state index contributed by atoms with van der Waals surface area (Å²) in [6, 6.07) is 13.5. The highest BCUT2D eigenvalue weighted by Crippen LogP contribution is 2.14. The van der Waals surface area contributed by atoms with Crippen molar-refractivity contribution in [3.63, 3.8) is 0 Å². The van der Waals surface area contributed by atoms with E-state index in [0.29, 0.717) is 6.54 Å². The number of hydrogen-bond donors (Lipinski definition) is 3. The van der Waals surface area contributed by atoms with E-state index in [0.717, 1.165) is 44.9 Å². The molecule has 0 atom stereocenters. The first-order chi connectivity index (χ1) is 12.1. The van der Waals surface area contributed by atoms with Crippen LogP contribution in [0.15, 0.2) is 48.5 Å². The van der Waals surface area contributed by atoms with E-state index < -0.39 is 11.6 Å². The minimum Gasteiger partial charge on any atom is -0.322 e. The first-order valence-corrected chi connectivity index (χ1v) is 8.56. The number of benzene rings is 2. The normalized spacial score (nSPS) is 20.2. The Morgan fingerprint density at radius 3 is 2.32 bits per heavy atom. The van der Waals surface area contributed by atoms with Gasteiger partial charge in [-0.05, 0) is 12.1 Å². The molecule has 4 nitrogen and oxygen atoms in total. The molecular weight excluding hydrogens is 324 g/mol. The third-order valence-electron chi connectivity index (χ3n) is 4.58. The van der Waals surface area contributed by atoms with Gasteiger partial charge in [-0.2, -0.15) is 0 Å². The fourth-order valence-corrected chi connectivity index (χ4v) is 3.21. The van der Waals surface area contributed by atoms with E-state index in [1.54, 1.807) is 0 Å². The van der Waals surface area contributed by atoms with Crippen LogP contribution in [0.5, 0.6) is 0 Å². The zero-order chi connectivity index (χ0) is 17.6. The second-order valence-corrected chi connectivity index (χ2v) is 6.51. The molecule has 2 aromatic rings. The van der Waals surface area contributed by atoms with Gasteiger partial charge in [-0.25, -0.2) is 8.78 Å². The highest BCUT2D eigenvalue weighted by atomic mass is 19.1. The van der Waals surface area contributed by atoms with Crippen molar-refractivity contribution in [3.05, 3.63) is 65.7 Å². The fraction of sp³-hybridized carbons (Fsp3) is 0.316. The zero-order valence-corrected chi connectivity index (χ0v) is 14.0. The molecule has 0 aromatic heterocycles. The number of carbonyl (C=O) groups excluding carboxylic acids is 1. The predicted molar refractivity (Wildman–Crippen MR) is 91.4 cm³/mol. The Kier molecular flexibility index (Phi) is 5.73. The number of amides is 1. The molecule has 0 bridgehead atoms. The number of carbonyl (C=O) groups is 1. The molecule has 1 heterocycles. The van der Waals surface area contributed by atoms with Crippen molar-refractivity contribution in [3.8, 4) is 0 Å². The molecule has 1 aliphatic rings. The molecule has 0 unspecified atom stereocenters. The molecule has 0 saturated carbocycles. The lowest BCUT2D eigenvalue weighted by Gasteiger charge is -2.29. The van der Waals surface area contributed by atoms with E-state index in [1.165, 1.54) is 21.4 Å². The highest BCUT2D eigenvalue weighted by Gasteiger charge is 2.25. The van der Waals surface area contributed by atoms with Gasteiger partial charge < -0.3 is 15.1 Å². The average Bonchev–Trinajstić information content (AvgIpc) is 2.60. The molecule has 1 aliphatic heterocycles. The van der Waals surface area contributed by atoms with Gasteiger partial charge in [0.25, 0.3) is 5.91 Å². The molecule has 1 amide bonds. The summed E-state index contributed by atoms with van der Waals surface area (Å²) in [7, 11) is 0. The van der Waals surface area contributed by atoms with Crippen LogP contribution in [-0.2, 0) is 11.3 Å². The van der Waals surface area contributed by atoms with Crippen LogP contribution in [0.4, 0.5) is 14.5 Å². The SMILES string of the molecule is O=C(C[NH+]1CC[NH+](Cc2ccccc2)CC1)Nc1ccc(F)cc1F. The number of piperazine rings is 1. The number of halogens is 2. The minimum absolute atomic E-state index is 0.0270. The van der Waals surface area contributed by atoms with Gasteiger partial charge >= 0.3 is 0 Å². The molecule has 6 heteroatoms. The summed E-state index contributed by atoms with van der Waals surface area (Å²) in [6.07, 6.45) is 0. The van der Waals surface area contributed by atoms with Crippen molar-refractivity contribution < 1.29 is 23.4 Å². The Hall–Kier alpha value is -2.31. The van der Waals surface area contributed by atoms with Crippen LogP contribution in [-0.4, -0.2) is 38.6 Å². The van der Waals surface area contributed by atoms with Crippen LogP contribution >= 0.6 is 0 Å². The smallest absolute Gasteiger partial charge is 0.279 e. The van der Waals surface area contributed by atoms with E-state index in [-0.39, 0.29) is 11.6 Å². The molecule has 0 aliphatic carbocycles. The minimum atomic E-state index is -0.750. The standard InChI is InChI=1S/C19H21F2N3O/c20-16-6-7-18(17(21)12-16)22-19(25)14-24-10-8-23(9-11-24)13-15-4-2-1-3-5-15/h1-7,12H,8-11,13-14H2,(H,22,25)/p+2. The van der Waals surface area contributed by atoms with Crippen molar-refractivity contribution in [1.29, 1.82) is 0 Å². The lowest BCUT2D eigenvalue weighted by atomic mass is 10.2. The Morgan fingerprint density at radius 2 is 1.64 bits per heavy atom. The summed E-state index contributed by atoms with van der Waals surface area (Å²) in [4.78, 5) is 14.8. The second-order valence-electron chi connectivity index (χ2n) is 6.51. The summed E-state index contributed by atoms with van der Waals surface area (Å²) >= 11 is 0. The number of hydrogen-bond acceptors (Lipinski definition) is 1. The zero-order valence-electron chi connectivity index (χ0n) is 14.0. The van der Waals surface area contributed by atoms with E-state index in [2.05, 4.69) is 29.6 Å². The van der Waals surface area contributed by atoms with Crippen LogP contribution in [0.2, 0.25) is 0 Å². The first-order valence-electron chi connectivity index (χ1n) is 8.56. The summed E-state index contributed by atoms with van der Waals surface area (Å²) in [5, 5.41) is 2.53. The molecule has 1 fully saturated rings. The molecule has 25 heavy (non-hydrogen) atoms. The summed E-state index contributed by atoms with van der Waals surface area (Å²) in [5.74, 6) is -1.65. The van der Waals surface area contributed by atoms with E-state index in [4.69, 9.17) is 0 Å². The van der Waals surface area contributed by atoms with E-state index in [9.17, 15) is 13.6 Å². The third kappa shape index (κ3) is 5.08. The summed E-state index contributed by atoms with van der Waals surface area (Å²) in [6.45, 7) is 5.12. The topological polar surface area (TPSA) is 38.0 Å². The quantitative estimate of drug-likeness (QED) is 0.694. The number of nitrogens with one attached hydrogen (secondary N) is 3. The van der Waals surface area contributed by atoms with Gasteiger partial charge in [0.1, 0.15) is 44.4 Å². The predicted octanol–water partition coefficient (Wildman–Crippen LogP) is -0.113. The molecule has 0 spiro atoms. The molecule has 132 valence electrons. The lowest BCUT2D eigenvalue weighted by Crippen LogP contribution is -3.28. The van der Waals surface area contributed by atoms with Crippen molar-refractivity contribution in [2.24, 2.45) is 0 Å². The van der Waals surface area contributed by atoms with Gasteiger partial charge in [-0.3, -0.25) is 4.79 Å². The Morgan fingerprint density at radius 1 is 0.960 bits per heavy atom.